The molecule has 0 spiro atoms. The van der Waals surface area contributed by atoms with Crippen LogP contribution in [0.3, 0.4) is 0 Å². The molecule has 1 N–H and O–H groups in total. The molecule has 4 rings (SSSR count). The fourth-order valence-electron chi connectivity index (χ4n) is 4.06. The number of nitrogens with one attached hydrogen (secondary N) is 1. The zero-order valence-corrected chi connectivity index (χ0v) is 20.3. The summed E-state index contributed by atoms with van der Waals surface area (Å²) in [7, 11) is 1.56. The van der Waals surface area contributed by atoms with Gasteiger partial charge in [-0.3, -0.25) is 9.59 Å². The van der Waals surface area contributed by atoms with Crippen molar-refractivity contribution in [3.63, 3.8) is 0 Å². The quantitative estimate of drug-likeness (QED) is 0.468. The highest BCUT2D eigenvalue weighted by Crippen LogP contribution is 2.37. The molecule has 0 saturated heterocycles. The van der Waals surface area contributed by atoms with E-state index in [0.717, 1.165) is 17.7 Å². The Balaban J connectivity index is 1.79. The Kier molecular flexibility index (Phi) is 6.29. The first kappa shape index (κ1) is 23.3. The van der Waals surface area contributed by atoms with Gasteiger partial charge in [-0.05, 0) is 53.3 Å². The van der Waals surface area contributed by atoms with Crippen LogP contribution in [0.1, 0.15) is 44.4 Å². The van der Waals surface area contributed by atoms with Gasteiger partial charge in [0, 0.05) is 11.3 Å². The van der Waals surface area contributed by atoms with Gasteiger partial charge in [0.15, 0.2) is 0 Å². The van der Waals surface area contributed by atoms with E-state index in [9.17, 15) is 9.59 Å². The highest BCUT2D eigenvalue weighted by molar-refractivity contribution is 6.46. The Morgan fingerprint density at radius 1 is 0.853 bits per heavy atom. The summed E-state index contributed by atoms with van der Waals surface area (Å²) in [4.78, 5) is 28.5. The average Bonchev–Trinajstić information content (AvgIpc) is 3.07. The maximum absolute atomic E-state index is 13.7. The molecule has 0 aliphatic carbocycles. The molecule has 0 radical (unpaired) electrons. The molecular formula is C29H30N2O3. The second-order valence-corrected chi connectivity index (χ2v) is 9.37. The number of anilines is 2. The lowest BCUT2D eigenvalue weighted by molar-refractivity contribution is -0.120. The molecule has 1 aliphatic rings. The molecule has 0 fully saturated rings. The highest BCUT2D eigenvalue weighted by atomic mass is 16.5. The first-order valence-corrected chi connectivity index (χ1v) is 11.5. The Hall–Kier alpha value is -3.86. The van der Waals surface area contributed by atoms with Gasteiger partial charge in [-0.1, -0.05) is 70.2 Å². The predicted molar refractivity (Wildman–Crippen MR) is 137 cm³/mol. The van der Waals surface area contributed by atoms with E-state index in [2.05, 4.69) is 33.0 Å². The zero-order valence-electron chi connectivity index (χ0n) is 20.3. The first-order chi connectivity index (χ1) is 16.2. The predicted octanol–water partition coefficient (Wildman–Crippen LogP) is 5.95. The number of imide groups is 1. The Morgan fingerprint density at radius 3 is 2.09 bits per heavy atom. The molecule has 0 aromatic heterocycles. The summed E-state index contributed by atoms with van der Waals surface area (Å²) in [6.07, 6.45) is 0.879. The molecule has 0 saturated carbocycles. The molecule has 0 unspecified atom stereocenters. The van der Waals surface area contributed by atoms with E-state index in [1.807, 2.05) is 60.7 Å². The number of rotatable bonds is 6. The van der Waals surface area contributed by atoms with Crippen LogP contribution in [0, 0.1) is 0 Å². The number of nitrogens with zero attached hydrogens (tertiary/aromatic N) is 1. The number of benzene rings is 3. The van der Waals surface area contributed by atoms with Crippen molar-refractivity contribution in [2.24, 2.45) is 0 Å². The Bertz CT molecular complexity index is 1250. The fourth-order valence-corrected chi connectivity index (χ4v) is 4.06. The normalized spacial score (nSPS) is 14.1. The molecule has 3 aromatic carbocycles. The summed E-state index contributed by atoms with van der Waals surface area (Å²) < 4.78 is 5.52. The molecule has 1 heterocycles. The molecular weight excluding hydrogens is 424 g/mol. The maximum atomic E-state index is 13.7. The van der Waals surface area contributed by atoms with Gasteiger partial charge in [0.2, 0.25) is 0 Å². The monoisotopic (exact) mass is 454 g/mol. The topological polar surface area (TPSA) is 58.6 Å². The molecule has 0 bridgehead atoms. The van der Waals surface area contributed by atoms with Crippen LogP contribution in [0.15, 0.2) is 78.5 Å². The highest BCUT2D eigenvalue weighted by Gasteiger charge is 2.41. The van der Waals surface area contributed by atoms with Crippen molar-refractivity contribution >= 4 is 28.8 Å². The molecule has 3 aromatic rings. The number of hydrogen-bond acceptors (Lipinski definition) is 4. The van der Waals surface area contributed by atoms with Crippen LogP contribution in [0.4, 0.5) is 11.4 Å². The molecule has 5 nitrogen and oxygen atoms in total. The van der Waals surface area contributed by atoms with E-state index in [4.69, 9.17) is 4.74 Å². The van der Waals surface area contributed by atoms with Crippen molar-refractivity contribution in [3.8, 4) is 5.75 Å². The SMILES string of the molecule is CCc1ccc(N2C(=O)C(Nc3ccc(C(C)(C)C)cc3)=C(c3ccccc3OC)C2=O)cc1. The molecule has 34 heavy (non-hydrogen) atoms. The van der Waals surface area contributed by atoms with Crippen molar-refractivity contribution in [2.45, 2.75) is 39.5 Å². The van der Waals surface area contributed by atoms with Gasteiger partial charge in [-0.15, -0.1) is 0 Å². The smallest absolute Gasteiger partial charge is 0.282 e. The van der Waals surface area contributed by atoms with Crippen molar-refractivity contribution in [3.05, 3.63) is 95.2 Å². The number of carbonyl (C=O) groups is 2. The van der Waals surface area contributed by atoms with Gasteiger partial charge >= 0.3 is 0 Å². The number of methoxy groups -OCH3 is 1. The van der Waals surface area contributed by atoms with Crippen molar-refractivity contribution in [1.29, 1.82) is 0 Å². The first-order valence-electron chi connectivity index (χ1n) is 11.5. The van der Waals surface area contributed by atoms with Gasteiger partial charge in [-0.2, -0.15) is 0 Å². The van der Waals surface area contributed by atoms with Crippen LogP contribution in [-0.2, 0) is 21.4 Å². The third-order valence-electron chi connectivity index (χ3n) is 6.08. The number of ether oxygens (including phenoxy) is 1. The van der Waals surface area contributed by atoms with Crippen LogP contribution in [0.2, 0.25) is 0 Å². The van der Waals surface area contributed by atoms with Crippen LogP contribution in [-0.4, -0.2) is 18.9 Å². The minimum absolute atomic E-state index is 0.0148. The average molecular weight is 455 g/mol. The second-order valence-electron chi connectivity index (χ2n) is 9.37. The van der Waals surface area contributed by atoms with Crippen molar-refractivity contribution in [2.75, 3.05) is 17.3 Å². The number of amides is 2. The van der Waals surface area contributed by atoms with Crippen LogP contribution in [0.25, 0.3) is 5.57 Å². The zero-order chi connectivity index (χ0) is 24.5. The molecule has 0 atom stereocenters. The summed E-state index contributed by atoms with van der Waals surface area (Å²) in [6.45, 7) is 8.52. The maximum Gasteiger partial charge on any atom is 0.282 e. The Morgan fingerprint density at radius 2 is 1.50 bits per heavy atom. The lowest BCUT2D eigenvalue weighted by Gasteiger charge is -2.19. The largest absolute Gasteiger partial charge is 0.496 e. The van der Waals surface area contributed by atoms with E-state index < -0.39 is 5.91 Å². The van der Waals surface area contributed by atoms with Gasteiger partial charge in [-0.25, -0.2) is 4.90 Å². The lowest BCUT2D eigenvalue weighted by atomic mass is 9.87. The van der Waals surface area contributed by atoms with Gasteiger partial charge in [0.05, 0.1) is 18.4 Å². The Labute approximate surface area is 201 Å². The van der Waals surface area contributed by atoms with E-state index in [0.29, 0.717) is 22.6 Å². The number of para-hydroxylation sites is 1. The van der Waals surface area contributed by atoms with Gasteiger partial charge in [0.1, 0.15) is 11.4 Å². The van der Waals surface area contributed by atoms with Crippen LogP contribution < -0.4 is 15.0 Å². The van der Waals surface area contributed by atoms with Gasteiger partial charge < -0.3 is 10.1 Å². The summed E-state index contributed by atoms with van der Waals surface area (Å²) in [5, 5.41) is 3.23. The molecule has 1 aliphatic heterocycles. The van der Waals surface area contributed by atoms with Crippen LogP contribution >= 0.6 is 0 Å². The van der Waals surface area contributed by atoms with Gasteiger partial charge in [0.25, 0.3) is 11.8 Å². The van der Waals surface area contributed by atoms with E-state index in [1.54, 1.807) is 19.2 Å². The number of hydrogen-bond donors (Lipinski definition) is 1. The van der Waals surface area contributed by atoms with Crippen LogP contribution in [0.5, 0.6) is 5.75 Å². The number of aryl methyl sites for hydroxylation is 1. The second kappa shape index (κ2) is 9.18. The van der Waals surface area contributed by atoms with Crippen molar-refractivity contribution < 1.29 is 14.3 Å². The molecule has 5 heteroatoms. The minimum Gasteiger partial charge on any atom is -0.496 e. The van der Waals surface area contributed by atoms with Crippen molar-refractivity contribution in [1.82, 2.24) is 0 Å². The summed E-state index contributed by atoms with van der Waals surface area (Å²) in [6, 6.07) is 22.7. The minimum atomic E-state index is -0.393. The standard InChI is InChI=1S/C29H30N2O3/c1-6-19-11-17-22(18-12-19)31-27(32)25(23-9-7-8-10-24(23)34-5)26(28(31)33)30-21-15-13-20(14-16-21)29(2,3)4/h7-18,30H,6H2,1-5H3. The molecule has 174 valence electrons. The van der Waals surface area contributed by atoms with E-state index >= 15 is 0 Å². The summed E-state index contributed by atoms with van der Waals surface area (Å²) in [5.74, 6) is -0.244. The third-order valence-corrected chi connectivity index (χ3v) is 6.08. The number of carbonyl (C=O) groups excluding carboxylic acids is 2. The summed E-state index contributed by atoms with van der Waals surface area (Å²) in [5.41, 5.74) is 4.71. The summed E-state index contributed by atoms with van der Waals surface area (Å²) >= 11 is 0. The molecule has 2 amide bonds. The van der Waals surface area contributed by atoms with E-state index in [1.165, 1.54) is 10.5 Å². The lowest BCUT2D eigenvalue weighted by Crippen LogP contribution is -2.32. The fraction of sp³-hybridized carbons (Fsp3) is 0.241. The third kappa shape index (κ3) is 4.34. The van der Waals surface area contributed by atoms with E-state index in [-0.39, 0.29) is 17.0 Å².